The lowest BCUT2D eigenvalue weighted by atomic mass is 9.99. The van der Waals surface area contributed by atoms with E-state index >= 15 is 0 Å². The molecule has 0 saturated carbocycles. The summed E-state index contributed by atoms with van der Waals surface area (Å²) in [4.78, 5) is 46.4. The third-order valence-electron chi connectivity index (χ3n) is 8.46. The van der Waals surface area contributed by atoms with E-state index in [9.17, 15) is 22.8 Å². The summed E-state index contributed by atoms with van der Waals surface area (Å²) in [5.41, 5.74) is 12.2. The average molecular weight is 685 g/mol. The van der Waals surface area contributed by atoms with Gasteiger partial charge in [0.15, 0.2) is 0 Å². The van der Waals surface area contributed by atoms with Gasteiger partial charge in [-0.1, -0.05) is 66.6 Å². The molecule has 0 aliphatic rings. The number of nitrogens with zero attached hydrogens (tertiary/aromatic N) is 2. The molecule has 3 aromatic carbocycles. The van der Waals surface area contributed by atoms with Gasteiger partial charge in [-0.05, 0) is 77.5 Å². The van der Waals surface area contributed by atoms with E-state index in [-0.39, 0.29) is 25.0 Å². The standard InChI is InChI=1S/C37H40N4O5S2/c1-5-16-48(45,46)41(33(35(38)42)21-30-22-39-32-9-7-6-8-31(30)32)37(44)34(40(4)36(43)29-18-24(2)17-25(3)19-29)20-26-10-12-27(13-11-26)28-14-15-47-23-28/h6-15,17-19,22-23,33-34,39H,5,16,20-21H2,1-4H3,(H2,38,42)/t33-,34+/m0/s1. The molecule has 0 radical (unpaired) electrons. The number of rotatable bonds is 13. The van der Waals surface area contributed by atoms with Gasteiger partial charge in [-0.2, -0.15) is 11.3 Å². The summed E-state index contributed by atoms with van der Waals surface area (Å²) >= 11 is 1.59. The molecule has 0 saturated heterocycles. The number of para-hydroxylation sites is 1. The maximum Gasteiger partial charge on any atom is 0.259 e. The number of carbonyl (C=O) groups is 3. The number of carbonyl (C=O) groups excluding carboxylic acids is 3. The second-order valence-electron chi connectivity index (χ2n) is 12.2. The average Bonchev–Trinajstić information content (AvgIpc) is 3.73. The molecule has 5 aromatic rings. The van der Waals surface area contributed by atoms with Crippen molar-refractivity contribution < 1.29 is 22.8 Å². The van der Waals surface area contributed by atoms with Gasteiger partial charge < -0.3 is 15.6 Å². The number of sulfonamides is 1. The lowest BCUT2D eigenvalue weighted by Gasteiger charge is -2.35. The van der Waals surface area contributed by atoms with Crippen molar-refractivity contribution in [1.29, 1.82) is 0 Å². The number of primary amides is 1. The number of hydrogen-bond donors (Lipinski definition) is 2. The van der Waals surface area contributed by atoms with E-state index in [1.807, 2.05) is 85.3 Å². The van der Waals surface area contributed by atoms with Crippen molar-refractivity contribution in [1.82, 2.24) is 14.2 Å². The zero-order chi connectivity index (χ0) is 34.6. The Bertz CT molecular complexity index is 2020. The van der Waals surface area contributed by atoms with Crippen LogP contribution in [0.5, 0.6) is 0 Å². The molecule has 11 heteroatoms. The van der Waals surface area contributed by atoms with E-state index in [1.165, 1.54) is 11.9 Å². The lowest BCUT2D eigenvalue weighted by molar-refractivity contribution is -0.137. The van der Waals surface area contributed by atoms with Gasteiger partial charge >= 0.3 is 0 Å². The summed E-state index contributed by atoms with van der Waals surface area (Å²) < 4.78 is 28.6. The Kier molecular flexibility index (Phi) is 10.5. The third kappa shape index (κ3) is 7.53. The molecule has 2 aromatic heterocycles. The Hall–Kier alpha value is -4.74. The first kappa shape index (κ1) is 34.6. The van der Waals surface area contributed by atoms with Crippen molar-refractivity contribution in [3.8, 4) is 11.1 Å². The Morgan fingerprint density at radius 2 is 1.58 bits per heavy atom. The largest absolute Gasteiger partial charge is 0.368 e. The minimum atomic E-state index is -4.35. The van der Waals surface area contributed by atoms with Gasteiger partial charge in [0.2, 0.25) is 15.9 Å². The fourth-order valence-corrected chi connectivity index (χ4v) is 8.45. The second-order valence-corrected chi connectivity index (χ2v) is 14.9. The fourth-order valence-electron chi connectivity index (χ4n) is 6.11. The minimum absolute atomic E-state index is 0.00645. The van der Waals surface area contributed by atoms with Crippen LogP contribution in [0.4, 0.5) is 0 Å². The number of benzene rings is 3. The molecule has 48 heavy (non-hydrogen) atoms. The molecule has 250 valence electrons. The van der Waals surface area contributed by atoms with Crippen molar-refractivity contribution >= 4 is 50.0 Å². The number of nitrogens with two attached hydrogens (primary N) is 1. The van der Waals surface area contributed by atoms with E-state index in [1.54, 1.807) is 36.6 Å². The van der Waals surface area contributed by atoms with E-state index in [0.29, 0.717) is 21.0 Å². The first-order valence-corrected chi connectivity index (χ1v) is 18.3. The monoisotopic (exact) mass is 684 g/mol. The summed E-state index contributed by atoms with van der Waals surface area (Å²) in [6.45, 7) is 5.44. The smallest absolute Gasteiger partial charge is 0.259 e. The number of nitrogens with one attached hydrogen (secondary N) is 1. The Balaban J connectivity index is 1.59. The van der Waals surface area contributed by atoms with Gasteiger partial charge in [0, 0.05) is 42.6 Å². The van der Waals surface area contributed by atoms with Crippen LogP contribution in [0.15, 0.2) is 89.8 Å². The van der Waals surface area contributed by atoms with Gasteiger partial charge in [-0.15, -0.1) is 0 Å². The molecule has 0 spiro atoms. The van der Waals surface area contributed by atoms with E-state index in [0.717, 1.165) is 33.2 Å². The van der Waals surface area contributed by atoms with Crippen LogP contribution in [0.2, 0.25) is 0 Å². The van der Waals surface area contributed by atoms with Crippen LogP contribution >= 0.6 is 11.3 Å². The van der Waals surface area contributed by atoms with Gasteiger partial charge in [0.05, 0.1) is 5.75 Å². The quantitative estimate of drug-likeness (QED) is 0.160. The number of aryl methyl sites for hydroxylation is 2. The van der Waals surface area contributed by atoms with Crippen molar-refractivity contribution in [3.05, 3.63) is 118 Å². The number of aromatic amines is 1. The molecule has 0 unspecified atom stereocenters. The SMILES string of the molecule is CCCS(=O)(=O)N(C(=O)[C@@H](Cc1ccc(-c2ccsc2)cc1)N(C)C(=O)c1cc(C)cc(C)c1)[C@@H](Cc1c[nH]c2ccccc12)C(N)=O. The number of H-pyrrole nitrogens is 1. The molecule has 0 fully saturated rings. The second kappa shape index (κ2) is 14.6. The van der Waals surface area contributed by atoms with Crippen LogP contribution in [0.25, 0.3) is 22.0 Å². The Morgan fingerprint density at radius 3 is 2.21 bits per heavy atom. The number of thiophene rings is 1. The highest BCUT2D eigenvalue weighted by atomic mass is 32.2. The summed E-state index contributed by atoms with van der Waals surface area (Å²) in [5.74, 6) is -2.69. The van der Waals surface area contributed by atoms with Crippen LogP contribution in [-0.2, 0) is 32.5 Å². The zero-order valence-corrected chi connectivity index (χ0v) is 29.1. The summed E-state index contributed by atoms with van der Waals surface area (Å²) in [6, 6.07) is 19.6. The molecular weight excluding hydrogens is 645 g/mol. The van der Waals surface area contributed by atoms with Crippen molar-refractivity contribution in [2.75, 3.05) is 12.8 Å². The first-order valence-electron chi connectivity index (χ1n) is 15.8. The van der Waals surface area contributed by atoms with Crippen LogP contribution in [0.1, 0.15) is 46.0 Å². The van der Waals surface area contributed by atoms with Gasteiger partial charge in [0.25, 0.3) is 11.8 Å². The van der Waals surface area contributed by atoms with Crippen molar-refractivity contribution in [3.63, 3.8) is 0 Å². The van der Waals surface area contributed by atoms with Gasteiger partial charge in [0.1, 0.15) is 12.1 Å². The molecule has 5 rings (SSSR count). The summed E-state index contributed by atoms with van der Waals surface area (Å²) in [5, 5.41) is 4.81. The van der Waals surface area contributed by atoms with Crippen molar-refractivity contribution in [2.24, 2.45) is 5.73 Å². The number of hydrogen-bond acceptors (Lipinski definition) is 6. The minimum Gasteiger partial charge on any atom is -0.368 e. The first-order chi connectivity index (χ1) is 22.9. The van der Waals surface area contributed by atoms with E-state index in [4.69, 9.17) is 5.73 Å². The summed E-state index contributed by atoms with van der Waals surface area (Å²) in [6.07, 6.45) is 1.77. The predicted octanol–water partition coefficient (Wildman–Crippen LogP) is 5.86. The molecule has 2 atom stereocenters. The molecule has 0 bridgehead atoms. The number of likely N-dealkylation sites (N-methyl/N-ethyl adjacent to an activating group) is 1. The number of fused-ring (bicyclic) bond motifs is 1. The van der Waals surface area contributed by atoms with Crippen LogP contribution < -0.4 is 5.73 Å². The van der Waals surface area contributed by atoms with Crippen LogP contribution in [-0.4, -0.2) is 65.2 Å². The molecule has 0 aliphatic heterocycles. The third-order valence-corrected chi connectivity index (χ3v) is 11.1. The lowest BCUT2D eigenvalue weighted by Crippen LogP contribution is -2.59. The van der Waals surface area contributed by atoms with Gasteiger partial charge in [-0.25, -0.2) is 12.7 Å². The molecule has 0 aliphatic carbocycles. The van der Waals surface area contributed by atoms with Gasteiger partial charge in [-0.3, -0.25) is 14.4 Å². The Morgan fingerprint density at radius 1 is 0.896 bits per heavy atom. The fraction of sp³-hybridized carbons (Fsp3) is 0.270. The van der Waals surface area contributed by atoms with Crippen LogP contribution in [0.3, 0.4) is 0 Å². The highest BCUT2D eigenvalue weighted by Crippen LogP contribution is 2.27. The Labute approximate surface area is 285 Å². The maximum atomic E-state index is 14.8. The normalized spacial score (nSPS) is 12.8. The molecule has 2 heterocycles. The number of amides is 3. The highest BCUT2D eigenvalue weighted by Gasteiger charge is 2.43. The molecular formula is C37H40N4O5S2. The summed E-state index contributed by atoms with van der Waals surface area (Å²) in [7, 11) is -2.86. The zero-order valence-electron chi connectivity index (χ0n) is 27.5. The maximum absolute atomic E-state index is 14.8. The number of aromatic nitrogens is 1. The molecule has 3 amide bonds. The molecule has 9 nitrogen and oxygen atoms in total. The van der Waals surface area contributed by atoms with Crippen LogP contribution in [0, 0.1) is 13.8 Å². The molecule has 3 N–H and O–H groups in total. The van der Waals surface area contributed by atoms with Crippen molar-refractivity contribution in [2.45, 2.75) is 52.1 Å². The predicted molar refractivity (Wildman–Crippen MR) is 191 cm³/mol. The van der Waals surface area contributed by atoms with E-state index < -0.39 is 39.8 Å². The highest BCUT2D eigenvalue weighted by molar-refractivity contribution is 7.89. The van der Waals surface area contributed by atoms with E-state index in [2.05, 4.69) is 4.98 Å². The topological polar surface area (TPSA) is 134 Å².